The quantitative estimate of drug-likeness (QED) is 0.773. The first-order valence-electron chi connectivity index (χ1n) is 8.62. The Hall–Kier alpha value is -1.11. The topological polar surface area (TPSA) is 60.9 Å². The Morgan fingerprint density at radius 1 is 1.04 bits per heavy atom. The lowest BCUT2D eigenvalue weighted by Crippen LogP contribution is -2.28. The summed E-state index contributed by atoms with van der Waals surface area (Å²) < 4.78 is 27.0. The highest BCUT2D eigenvalue weighted by Gasteiger charge is 2.29. The van der Waals surface area contributed by atoms with Crippen LogP contribution in [0.3, 0.4) is 0 Å². The van der Waals surface area contributed by atoms with Crippen LogP contribution in [-0.2, 0) is 16.4 Å². The fourth-order valence-corrected chi connectivity index (χ4v) is 5.02. The number of benzene rings is 1. The van der Waals surface area contributed by atoms with Crippen LogP contribution in [0, 0.1) is 0 Å². The zero-order valence-electron chi connectivity index (χ0n) is 13.6. The molecule has 1 saturated heterocycles. The molecule has 2 heterocycles. The molecular formula is C17H26N2O3S. The predicted octanol–water partition coefficient (Wildman–Crippen LogP) is 2.00. The van der Waals surface area contributed by atoms with Crippen molar-refractivity contribution in [3.8, 4) is 0 Å². The Kier molecular flexibility index (Phi) is 5.24. The normalized spacial score (nSPS) is 18.6. The maximum absolute atomic E-state index is 12.7. The summed E-state index contributed by atoms with van der Waals surface area (Å²) in [6.45, 7) is 3.42. The molecule has 23 heavy (non-hydrogen) atoms. The van der Waals surface area contributed by atoms with Gasteiger partial charge in [0.2, 0.25) is 10.0 Å². The van der Waals surface area contributed by atoms with Gasteiger partial charge in [0, 0.05) is 38.5 Å². The molecule has 5 nitrogen and oxygen atoms in total. The second-order valence-corrected chi connectivity index (χ2v) is 8.36. The lowest BCUT2D eigenvalue weighted by atomic mass is 10.2. The molecule has 2 aliphatic heterocycles. The standard InChI is InChI=1S/C17H26N2O3S/c20-13-5-1-2-9-18-12-8-15-6-7-16(14-17(15)18)23(21,22)19-10-3-4-11-19/h6-7,14,20H,1-5,8-13H2. The van der Waals surface area contributed by atoms with Crippen molar-refractivity contribution < 1.29 is 13.5 Å². The minimum atomic E-state index is -3.34. The molecule has 0 spiro atoms. The molecule has 0 saturated carbocycles. The van der Waals surface area contributed by atoms with Crippen molar-refractivity contribution in [3.05, 3.63) is 23.8 Å². The molecule has 128 valence electrons. The number of hydrogen-bond donors (Lipinski definition) is 1. The number of fused-ring (bicyclic) bond motifs is 1. The van der Waals surface area contributed by atoms with Crippen molar-refractivity contribution in [2.75, 3.05) is 37.7 Å². The summed E-state index contributed by atoms with van der Waals surface area (Å²) >= 11 is 0. The third-order valence-corrected chi connectivity index (χ3v) is 6.73. The van der Waals surface area contributed by atoms with Gasteiger partial charge in [-0.3, -0.25) is 0 Å². The van der Waals surface area contributed by atoms with E-state index in [2.05, 4.69) is 4.90 Å². The third kappa shape index (κ3) is 3.54. The van der Waals surface area contributed by atoms with E-state index >= 15 is 0 Å². The van der Waals surface area contributed by atoms with Gasteiger partial charge in [-0.05, 0) is 56.2 Å². The summed E-state index contributed by atoms with van der Waals surface area (Å²) in [6.07, 6.45) is 5.78. The lowest BCUT2D eigenvalue weighted by Gasteiger charge is -2.21. The molecule has 3 rings (SSSR count). The molecule has 0 atom stereocenters. The number of sulfonamides is 1. The van der Waals surface area contributed by atoms with Gasteiger partial charge < -0.3 is 10.0 Å². The van der Waals surface area contributed by atoms with E-state index in [0.717, 1.165) is 57.3 Å². The van der Waals surface area contributed by atoms with E-state index < -0.39 is 10.0 Å². The Bertz CT molecular complexity index is 639. The van der Waals surface area contributed by atoms with Gasteiger partial charge in [-0.15, -0.1) is 0 Å². The first-order chi connectivity index (χ1) is 11.1. The monoisotopic (exact) mass is 338 g/mol. The minimum Gasteiger partial charge on any atom is -0.396 e. The Labute approximate surface area is 139 Å². The second-order valence-electron chi connectivity index (χ2n) is 6.42. The molecule has 1 aromatic rings. The predicted molar refractivity (Wildman–Crippen MR) is 91.3 cm³/mol. The fraction of sp³-hybridized carbons (Fsp3) is 0.647. The lowest BCUT2D eigenvalue weighted by molar-refractivity contribution is 0.283. The largest absolute Gasteiger partial charge is 0.396 e. The number of anilines is 1. The molecule has 0 amide bonds. The Morgan fingerprint density at radius 3 is 2.57 bits per heavy atom. The summed E-state index contributed by atoms with van der Waals surface area (Å²) in [4.78, 5) is 2.72. The van der Waals surface area contributed by atoms with Crippen molar-refractivity contribution in [1.29, 1.82) is 0 Å². The van der Waals surface area contributed by atoms with E-state index in [9.17, 15) is 8.42 Å². The molecule has 0 bridgehead atoms. The van der Waals surface area contributed by atoms with E-state index in [1.54, 1.807) is 10.4 Å². The summed E-state index contributed by atoms with van der Waals surface area (Å²) in [6, 6.07) is 5.61. The molecule has 0 aromatic heterocycles. The van der Waals surface area contributed by atoms with Crippen molar-refractivity contribution in [2.45, 2.75) is 43.4 Å². The molecule has 1 N–H and O–H groups in total. The highest BCUT2D eigenvalue weighted by atomic mass is 32.2. The van der Waals surface area contributed by atoms with Gasteiger partial charge in [-0.25, -0.2) is 8.42 Å². The summed E-state index contributed by atoms with van der Waals surface area (Å²) in [5.74, 6) is 0. The molecule has 6 heteroatoms. The first-order valence-corrected chi connectivity index (χ1v) is 10.1. The number of aliphatic hydroxyl groups is 1. The average molecular weight is 338 g/mol. The smallest absolute Gasteiger partial charge is 0.243 e. The van der Waals surface area contributed by atoms with Crippen LogP contribution in [0.2, 0.25) is 0 Å². The minimum absolute atomic E-state index is 0.245. The zero-order chi connectivity index (χ0) is 16.3. The molecule has 1 fully saturated rings. The summed E-state index contributed by atoms with van der Waals surface area (Å²) in [5, 5.41) is 8.86. The SMILES string of the molecule is O=S(=O)(c1ccc2c(c1)N(CCCCCO)CC2)N1CCCC1. The first kappa shape index (κ1) is 16.7. The van der Waals surface area contributed by atoms with E-state index in [1.165, 1.54) is 5.56 Å². The second kappa shape index (κ2) is 7.20. The summed E-state index contributed by atoms with van der Waals surface area (Å²) in [7, 11) is -3.34. The van der Waals surface area contributed by atoms with Crippen LogP contribution in [0.1, 0.15) is 37.7 Å². The van der Waals surface area contributed by atoms with Gasteiger partial charge in [-0.2, -0.15) is 4.31 Å². The van der Waals surface area contributed by atoms with Crippen molar-refractivity contribution in [1.82, 2.24) is 4.31 Å². The number of nitrogens with zero attached hydrogens (tertiary/aromatic N) is 2. The van der Waals surface area contributed by atoms with Gasteiger partial charge in [0.05, 0.1) is 4.90 Å². The average Bonchev–Trinajstić information content (AvgIpc) is 3.21. The molecule has 0 aliphatic carbocycles. The number of rotatable bonds is 7. The van der Waals surface area contributed by atoms with Gasteiger partial charge in [0.15, 0.2) is 0 Å². The van der Waals surface area contributed by atoms with E-state index in [4.69, 9.17) is 5.11 Å². The number of unbranched alkanes of at least 4 members (excludes halogenated alkanes) is 2. The molecule has 0 radical (unpaired) electrons. The zero-order valence-corrected chi connectivity index (χ0v) is 14.4. The van der Waals surface area contributed by atoms with Crippen LogP contribution < -0.4 is 4.90 Å². The molecule has 2 aliphatic rings. The maximum atomic E-state index is 12.7. The van der Waals surface area contributed by atoms with Gasteiger partial charge >= 0.3 is 0 Å². The van der Waals surface area contributed by atoms with Crippen LogP contribution in [-0.4, -0.2) is 50.6 Å². The number of aliphatic hydroxyl groups excluding tert-OH is 1. The van der Waals surface area contributed by atoms with Crippen molar-refractivity contribution >= 4 is 15.7 Å². The number of hydrogen-bond acceptors (Lipinski definition) is 4. The van der Waals surface area contributed by atoms with Crippen LogP contribution in [0.25, 0.3) is 0 Å². The Morgan fingerprint density at radius 2 is 1.83 bits per heavy atom. The van der Waals surface area contributed by atoms with Crippen LogP contribution in [0.4, 0.5) is 5.69 Å². The van der Waals surface area contributed by atoms with Crippen LogP contribution >= 0.6 is 0 Å². The van der Waals surface area contributed by atoms with E-state index in [-0.39, 0.29) is 6.61 Å². The van der Waals surface area contributed by atoms with Crippen LogP contribution in [0.15, 0.2) is 23.1 Å². The van der Waals surface area contributed by atoms with Crippen molar-refractivity contribution in [3.63, 3.8) is 0 Å². The molecule has 0 unspecified atom stereocenters. The van der Waals surface area contributed by atoms with Gasteiger partial charge in [0.25, 0.3) is 0 Å². The van der Waals surface area contributed by atoms with Crippen LogP contribution in [0.5, 0.6) is 0 Å². The third-order valence-electron chi connectivity index (χ3n) is 4.84. The summed E-state index contributed by atoms with van der Waals surface area (Å²) in [5.41, 5.74) is 2.32. The maximum Gasteiger partial charge on any atom is 0.243 e. The van der Waals surface area contributed by atoms with E-state index in [1.807, 2.05) is 12.1 Å². The highest BCUT2D eigenvalue weighted by Crippen LogP contribution is 2.32. The van der Waals surface area contributed by atoms with E-state index in [0.29, 0.717) is 18.0 Å². The highest BCUT2D eigenvalue weighted by molar-refractivity contribution is 7.89. The molecule has 1 aromatic carbocycles. The van der Waals surface area contributed by atoms with Crippen molar-refractivity contribution in [2.24, 2.45) is 0 Å². The van der Waals surface area contributed by atoms with Gasteiger partial charge in [-0.1, -0.05) is 6.07 Å². The Balaban J connectivity index is 1.75. The molecular weight excluding hydrogens is 312 g/mol. The van der Waals surface area contributed by atoms with Gasteiger partial charge in [0.1, 0.15) is 0 Å². The fourth-order valence-electron chi connectivity index (χ4n) is 3.49.